The second-order valence-electron chi connectivity index (χ2n) is 7.72. The number of aromatic nitrogens is 1. The number of hydrogen-bond acceptors (Lipinski definition) is 5. The number of carbonyl (C=O) groups excluding carboxylic acids is 1. The lowest BCUT2D eigenvalue weighted by molar-refractivity contribution is -0.142. The lowest BCUT2D eigenvalue weighted by atomic mass is 9.71. The van der Waals surface area contributed by atoms with Crippen LogP contribution in [-0.2, 0) is 16.0 Å². The summed E-state index contributed by atoms with van der Waals surface area (Å²) in [5, 5.41) is 6.23. The summed E-state index contributed by atoms with van der Waals surface area (Å²) >= 11 is 1.52. The molecule has 4 nitrogen and oxygen atoms in total. The summed E-state index contributed by atoms with van der Waals surface area (Å²) in [4.78, 5) is 16.2. The Morgan fingerprint density at radius 2 is 1.66 bits per heavy atom. The van der Waals surface area contributed by atoms with Gasteiger partial charge in [-0.05, 0) is 23.5 Å². The summed E-state index contributed by atoms with van der Waals surface area (Å²) in [7, 11) is 0. The minimum absolute atomic E-state index is 0.0598. The van der Waals surface area contributed by atoms with Gasteiger partial charge in [0.25, 0.3) is 0 Å². The number of benzene rings is 2. The first-order valence-electron chi connectivity index (χ1n) is 9.93. The molecular weight excluding hydrogens is 380 g/mol. The number of rotatable bonds is 9. The van der Waals surface area contributed by atoms with E-state index in [2.05, 4.69) is 84.8 Å². The van der Waals surface area contributed by atoms with E-state index in [1.165, 1.54) is 22.5 Å². The number of ether oxygens (including phenoxy) is 1. The van der Waals surface area contributed by atoms with Gasteiger partial charge >= 0.3 is 5.97 Å². The van der Waals surface area contributed by atoms with Gasteiger partial charge in [0.15, 0.2) is 5.13 Å². The molecule has 1 N–H and O–H groups in total. The normalized spacial score (nSPS) is 11.4. The molecule has 0 aliphatic heterocycles. The van der Waals surface area contributed by atoms with Crippen molar-refractivity contribution in [1.29, 1.82) is 0 Å². The van der Waals surface area contributed by atoms with E-state index in [0.717, 1.165) is 17.4 Å². The highest BCUT2D eigenvalue weighted by Crippen LogP contribution is 2.41. The van der Waals surface area contributed by atoms with Gasteiger partial charge in [-0.2, -0.15) is 0 Å². The lowest BCUT2D eigenvalue weighted by Gasteiger charge is -2.35. The predicted molar refractivity (Wildman–Crippen MR) is 119 cm³/mol. The van der Waals surface area contributed by atoms with Crippen LogP contribution in [0.15, 0.2) is 66.0 Å². The first-order chi connectivity index (χ1) is 14.0. The standard InChI is InChI=1S/C24H28N2O2S/c1-4-28-21(27)15-20-16-29-23(26-20)25-17-24(2,3)22(18-11-7-5-8-12-18)19-13-9-6-10-14-19/h5-14,16,22H,4,15,17H2,1-3H3,(H,25,26). The molecule has 0 bridgehead atoms. The molecule has 0 unspecified atom stereocenters. The van der Waals surface area contributed by atoms with Crippen LogP contribution in [0.3, 0.4) is 0 Å². The van der Waals surface area contributed by atoms with Gasteiger partial charge in [0, 0.05) is 17.8 Å². The molecule has 0 atom stereocenters. The van der Waals surface area contributed by atoms with Crippen molar-refractivity contribution >= 4 is 22.4 Å². The molecule has 29 heavy (non-hydrogen) atoms. The topological polar surface area (TPSA) is 51.2 Å². The number of thiazole rings is 1. The number of nitrogens with one attached hydrogen (secondary N) is 1. The van der Waals surface area contributed by atoms with Crippen LogP contribution in [0.25, 0.3) is 0 Å². The van der Waals surface area contributed by atoms with E-state index in [4.69, 9.17) is 4.74 Å². The van der Waals surface area contributed by atoms with Gasteiger partial charge in [0.2, 0.25) is 0 Å². The maximum atomic E-state index is 11.7. The molecule has 0 aliphatic rings. The van der Waals surface area contributed by atoms with Crippen molar-refractivity contribution in [3.63, 3.8) is 0 Å². The van der Waals surface area contributed by atoms with Crippen LogP contribution in [0.5, 0.6) is 0 Å². The monoisotopic (exact) mass is 408 g/mol. The van der Waals surface area contributed by atoms with Gasteiger partial charge < -0.3 is 10.1 Å². The molecule has 3 aromatic rings. The summed E-state index contributed by atoms with van der Waals surface area (Å²) in [6.07, 6.45) is 0.214. The Morgan fingerprint density at radius 3 is 2.21 bits per heavy atom. The van der Waals surface area contributed by atoms with Gasteiger partial charge in [-0.15, -0.1) is 11.3 Å². The minimum atomic E-state index is -0.238. The molecule has 1 heterocycles. The average molecular weight is 409 g/mol. The maximum Gasteiger partial charge on any atom is 0.311 e. The Labute approximate surface area is 177 Å². The Kier molecular flexibility index (Phi) is 7.04. The zero-order chi connectivity index (χ0) is 20.7. The molecular formula is C24H28N2O2S. The van der Waals surface area contributed by atoms with E-state index >= 15 is 0 Å². The first kappa shape index (κ1) is 21.1. The predicted octanol–water partition coefficient (Wildman–Crippen LogP) is 5.52. The van der Waals surface area contributed by atoms with E-state index in [9.17, 15) is 4.79 Å². The van der Waals surface area contributed by atoms with Crippen LogP contribution in [0, 0.1) is 5.41 Å². The average Bonchev–Trinajstić information content (AvgIpc) is 3.16. The van der Waals surface area contributed by atoms with Crippen LogP contribution in [0.1, 0.15) is 43.5 Å². The third-order valence-electron chi connectivity index (χ3n) is 4.93. The fourth-order valence-corrected chi connectivity index (χ4v) is 4.33. The number of esters is 1. The second kappa shape index (κ2) is 9.70. The van der Waals surface area contributed by atoms with Crippen LogP contribution in [-0.4, -0.2) is 24.1 Å². The molecule has 0 saturated carbocycles. The van der Waals surface area contributed by atoms with Crippen LogP contribution in [0.2, 0.25) is 0 Å². The number of hydrogen-bond donors (Lipinski definition) is 1. The fraction of sp³-hybridized carbons (Fsp3) is 0.333. The van der Waals surface area contributed by atoms with Crippen molar-refractivity contribution < 1.29 is 9.53 Å². The SMILES string of the molecule is CCOC(=O)Cc1csc(NCC(C)(C)C(c2ccccc2)c2ccccc2)n1. The fourth-order valence-electron chi connectivity index (χ4n) is 3.62. The largest absolute Gasteiger partial charge is 0.466 e. The van der Waals surface area contributed by atoms with Crippen molar-refractivity contribution in [3.05, 3.63) is 82.9 Å². The number of carbonyl (C=O) groups is 1. The molecule has 3 rings (SSSR count). The zero-order valence-electron chi connectivity index (χ0n) is 17.2. The Bertz CT molecular complexity index is 867. The maximum absolute atomic E-state index is 11.7. The summed E-state index contributed by atoms with van der Waals surface area (Å²) < 4.78 is 5.00. The Balaban J connectivity index is 1.74. The summed E-state index contributed by atoms with van der Waals surface area (Å²) in [5.74, 6) is 0.00858. The van der Waals surface area contributed by atoms with Crippen molar-refractivity contribution in [2.45, 2.75) is 33.1 Å². The van der Waals surface area contributed by atoms with E-state index < -0.39 is 0 Å². The molecule has 0 aliphatic carbocycles. The van der Waals surface area contributed by atoms with Gasteiger partial charge in [0.1, 0.15) is 0 Å². The van der Waals surface area contributed by atoms with Crippen molar-refractivity contribution in [2.75, 3.05) is 18.5 Å². The quantitative estimate of drug-likeness (QED) is 0.474. The van der Waals surface area contributed by atoms with Crippen LogP contribution >= 0.6 is 11.3 Å². The second-order valence-corrected chi connectivity index (χ2v) is 8.58. The van der Waals surface area contributed by atoms with E-state index in [1.54, 1.807) is 0 Å². The lowest BCUT2D eigenvalue weighted by Crippen LogP contribution is -2.31. The number of nitrogens with zero attached hydrogens (tertiary/aromatic N) is 1. The van der Waals surface area contributed by atoms with Crippen molar-refractivity contribution in [3.8, 4) is 0 Å². The molecule has 2 aromatic carbocycles. The van der Waals surface area contributed by atoms with Gasteiger partial charge in [0.05, 0.1) is 18.7 Å². The van der Waals surface area contributed by atoms with Crippen molar-refractivity contribution in [1.82, 2.24) is 4.98 Å². The molecule has 0 spiro atoms. The molecule has 1 aromatic heterocycles. The zero-order valence-corrected chi connectivity index (χ0v) is 18.0. The van der Waals surface area contributed by atoms with E-state index in [0.29, 0.717) is 6.61 Å². The first-order valence-corrected chi connectivity index (χ1v) is 10.8. The molecule has 0 fully saturated rings. The molecule has 5 heteroatoms. The Hall–Kier alpha value is -2.66. The minimum Gasteiger partial charge on any atom is -0.466 e. The highest BCUT2D eigenvalue weighted by Gasteiger charge is 2.32. The van der Waals surface area contributed by atoms with Crippen LogP contribution in [0.4, 0.5) is 5.13 Å². The summed E-state index contributed by atoms with van der Waals surface area (Å²) in [6, 6.07) is 21.3. The smallest absolute Gasteiger partial charge is 0.311 e. The van der Waals surface area contributed by atoms with Gasteiger partial charge in [-0.3, -0.25) is 4.79 Å². The molecule has 0 saturated heterocycles. The third-order valence-corrected chi connectivity index (χ3v) is 5.77. The number of anilines is 1. The highest BCUT2D eigenvalue weighted by molar-refractivity contribution is 7.13. The van der Waals surface area contributed by atoms with Crippen molar-refractivity contribution in [2.24, 2.45) is 5.41 Å². The summed E-state index contributed by atoms with van der Waals surface area (Å²) in [5.41, 5.74) is 3.28. The molecule has 152 valence electrons. The molecule has 0 radical (unpaired) electrons. The van der Waals surface area contributed by atoms with Crippen LogP contribution < -0.4 is 5.32 Å². The summed E-state index contributed by atoms with van der Waals surface area (Å²) in [6.45, 7) is 7.51. The van der Waals surface area contributed by atoms with Gasteiger partial charge in [-0.1, -0.05) is 74.5 Å². The molecule has 0 amide bonds. The highest BCUT2D eigenvalue weighted by atomic mass is 32.1. The Morgan fingerprint density at radius 1 is 1.07 bits per heavy atom. The van der Waals surface area contributed by atoms with E-state index in [1.807, 2.05) is 12.3 Å². The van der Waals surface area contributed by atoms with Gasteiger partial charge in [-0.25, -0.2) is 4.98 Å². The third kappa shape index (κ3) is 5.67. The van der Waals surface area contributed by atoms with E-state index in [-0.39, 0.29) is 23.7 Å².